The van der Waals surface area contributed by atoms with Gasteiger partial charge < -0.3 is 4.57 Å². The molecule has 1 fully saturated rings. The molecule has 24 heavy (non-hydrogen) atoms. The topological polar surface area (TPSA) is 90.2 Å². The average Bonchev–Trinajstić information content (AvgIpc) is 2.48. The van der Waals surface area contributed by atoms with Crippen molar-refractivity contribution in [2.24, 2.45) is 20.0 Å². The Kier molecular flexibility index (Phi) is 4.96. The molecule has 11 heteroatoms. The van der Waals surface area contributed by atoms with Crippen molar-refractivity contribution in [1.29, 1.82) is 0 Å². The van der Waals surface area contributed by atoms with Crippen molar-refractivity contribution >= 4 is 10.0 Å². The van der Waals surface area contributed by atoms with Crippen LogP contribution in [-0.2, 0) is 24.1 Å². The predicted molar refractivity (Wildman–Crippen MR) is 79.0 cm³/mol. The van der Waals surface area contributed by atoms with E-state index in [9.17, 15) is 31.2 Å². The van der Waals surface area contributed by atoms with Crippen LogP contribution in [0.15, 0.2) is 20.7 Å². The van der Waals surface area contributed by atoms with E-state index in [4.69, 9.17) is 0 Å². The van der Waals surface area contributed by atoms with Gasteiger partial charge in [0.25, 0.3) is 5.56 Å². The van der Waals surface area contributed by atoms with E-state index in [-0.39, 0.29) is 25.7 Å². The summed E-state index contributed by atoms with van der Waals surface area (Å²) in [6.45, 7) is 0. The van der Waals surface area contributed by atoms with Crippen molar-refractivity contribution in [3.8, 4) is 0 Å². The normalized spacial score (nSPS) is 22.5. The molecule has 1 aliphatic rings. The zero-order valence-corrected chi connectivity index (χ0v) is 13.9. The molecular weight excluding hydrogens is 351 g/mol. The minimum absolute atomic E-state index is 0.0372. The zero-order chi connectivity index (χ0) is 18.3. The third kappa shape index (κ3) is 3.72. The quantitative estimate of drug-likeness (QED) is 0.839. The standard InChI is InChI=1S/C13H18F3N3O4S/c1-18-7-10(11(20)19(2)12(18)21)24(22,23)17-9-5-3-8(4-6-9)13(14,15)16/h7-9,17H,3-6H2,1-2H3. The monoisotopic (exact) mass is 369 g/mol. The highest BCUT2D eigenvalue weighted by Crippen LogP contribution is 2.37. The average molecular weight is 369 g/mol. The summed E-state index contributed by atoms with van der Waals surface area (Å²) in [7, 11) is -1.78. The molecule has 1 aromatic heterocycles. The van der Waals surface area contributed by atoms with Gasteiger partial charge in [0.1, 0.15) is 0 Å². The summed E-state index contributed by atoms with van der Waals surface area (Å²) in [5.74, 6) is -1.43. The highest BCUT2D eigenvalue weighted by Gasteiger charge is 2.42. The van der Waals surface area contributed by atoms with Crippen molar-refractivity contribution in [3.63, 3.8) is 0 Å². The lowest BCUT2D eigenvalue weighted by Crippen LogP contribution is -2.45. The second-order valence-corrected chi connectivity index (χ2v) is 7.64. The fourth-order valence-electron chi connectivity index (χ4n) is 2.78. The maximum atomic E-state index is 12.6. The van der Waals surface area contributed by atoms with Crippen LogP contribution in [0, 0.1) is 5.92 Å². The van der Waals surface area contributed by atoms with E-state index in [0.29, 0.717) is 4.57 Å². The molecule has 0 unspecified atom stereocenters. The van der Waals surface area contributed by atoms with Gasteiger partial charge in [-0.2, -0.15) is 13.2 Å². The largest absolute Gasteiger partial charge is 0.391 e. The molecule has 1 aromatic rings. The highest BCUT2D eigenvalue weighted by atomic mass is 32.2. The Balaban J connectivity index is 2.20. The molecule has 2 rings (SSSR count). The van der Waals surface area contributed by atoms with Crippen LogP contribution < -0.4 is 16.0 Å². The predicted octanol–water partition coefficient (Wildman–Crippen LogP) is 0.483. The molecule has 0 aromatic carbocycles. The van der Waals surface area contributed by atoms with Gasteiger partial charge in [0, 0.05) is 26.3 Å². The second kappa shape index (κ2) is 6.36. The van der Waals surface area contributed by atoms with E-state index >= 15 is 0 Å². The lowest BCUT2D eigenvalue weighted by atomic mass is 9.86. The van der Waals surface area contributed by atoms with Crippen LogP contribution in [-0.4, -0.2) is 29.8 Å². The van der Waals surface area contributed by atoms with Gasteiger partial charge in [0.05, 0.1) is 5.92 Å². The van der Waals surface area contributed by atoms with Gasteiger partial charge in [-0.1, -0.05) is 0 Å². The molecule has 136 valence electrons. The van der Waals surface area contributed by atoms with Crippen LogP contribution >= 0.6 is 0 Å². The Morgan fingerprint density at radius 2 is 1.67 bits per heavy atom. The van der Waals surface area contributed by atoms with Crippen molar-refractivity contribution in [3.05, 3.63) is 27.0 Å². The van der Waals surface area contributed by atoms with Crippen LogP contribution in [0.4, 0.5) is 13.2 Å². The van der Waals surface area contributed by atoms with Crippen LogP contribution in [0.3, 0.4) is 0 Å². The number of aryl methyl sites for hydroxylation is 1. The molecule has 0 spiro atoms. The lowest BCUT2D eigenvalue weighted by Gasteiger charge is -2.30. The van der Waals surface area contributed by atoms with Crippen LogP contribution in [0.1, 0.15) is 25.7 Å². The smallest absolute Gasteiger partial charge is 0.302 e. The van der Waals surface area contributed by atoms with Crippen LogP contribution in [0.5, 0.6) is 0 Å². The maximum absolute atomic E-state index is 12.6. The fraction of sp³-hybridized carbons (Fsp3) is 0.692. The summed E-state index contributed by atoms with van der Waals surface area (Å²) in [5.41, 5.74) is -1.65. The molecule has 1 aliphatic carbocycles. The Morgan fingerprint density at radius 3 is 2.17 bits per heavy atom. The summed E-state index contributed by atoms with van der Waals surface area (Å²) in [6, 6.07) is -0.671. The van der Waals surface area contributed by atoms with Gasteiger partial charge in [0.15, 0.2) is 4.90 Å². The number of nitrogens with zero attached hydrogens (tertiary/aromatic N) is 2. The van der Waals surface area contributed by atoms with E-state index in [1.54, 1.807) is 0 Å². The molecule has 0 saturated heterocycles. The summed E-state index contributed by atoms with van der Waals surface area (Å²) in [5, 5.41) is 0. The van der Waals surface area contributed by atoms with Crippen molar-refractivity contribution in [2.45, 2.75) is 42.8 Å². The number of sulfonamides is 1. The second-order valence-electron chi connectivity index (χ2n) is 5.96. The number of halogens is 3. The first-order valence-electron chi connectivity index (χ1n) is 7.29. The van der Waals surface area contributed by atoms with Gasteiger partial charge in [-0.15, -0.1) is 0 Å². The number of aromatic nitrogens is 2. The first-order valence-corrected chi connectivity index (χ1v) is 8.77. The molecule has 7 nitrogen and oxygen atoms in total. The molecule has 0 amide bonds. The number of hydrogen-bond donors (Lipinski definition) is 1. The summed E-state index contributed by atoms with van der Waals surface area (Å²) < 4.78 is 66.5. The summed E-state index contributed by atoms with van der Waals surface area (Å²) in [6.07, 6.45) is -3.62. The summed E-state index contributed by atoms with van der Waals surface area (Å²) >= 11 is 0. The van der Waals surface area contributed by atoms with Gasteiger partial charge in [-0.05, 0) is 25.7 Å². The lowest BCUT2D eigenvalue weighted by molar-refractivity contribution is -0.182. The van der Waals surface area contributed by atoms with Gasteiger partial charge in [-0.25, -0.2) is 17.9 Å². The molecule has 0 bridgehead atoms. The summed E-state index contributed by atoms with van der Waals surface area (Å²) in [4.78, 5) is 23.0. The van der Waals surface area contributed by atoms with Crippen molar-refractivity contribution < 1.29 is 21.6 Å². The van der Waals surface area contributed by atoms with Crippen molar-refractivity contribution in [2.75, 3.05) is 0 Å². The number of alkyl halides is 3. The zero-order valence-electron chi connectivity index (χ0n) is 13.1. The van der Waals surface area contributed by atoms with E-state index < -0.39 is 44.3 Å². The van der Waals surface area contributed by atoms with E-state index in [2.05, 4.69) is 4.72 Å². The minimum atomic E-state index is -4.28. The molecular formula is C13H18F3N3O4S. The van der Waals surface area contributed by atoms with Crippen LogP contribution in [0.2, 0.25) is 0 Å². The Morgan fingerprint density at radius 1 is 1.12 bits per heavy atom. The van der Waals surface area contributed by atoms with Gasteiger partial charge in [-0.3, -0.25) is 9.36 Å². The van der Waals surface area contributed by atoms with Crippen LogP contribution in [0.25, 0.3) is 0 Å². The number of nitrogens with one attached hydrogen (secondary N) is 1. The Bertz CT molecular complexity index is 833. The van der Waals surface area contributed by atoms with Gasteiger partial charge in [0.2, 0.25) is 10.0 Å². The molecule has 0 radical (unpaired) electrons. The first-order chi connectivity index (χ1) is 10.9. The van der Waals surface area contributed by atoms with E-state index in [0.717, 1.165) is 17.8 Å². The Labute approximate surface area is 136 Å². The number of rotatable bonds is 3. The van der Waals surface area contributed by atoms with Gasteiger partial charge >= 0.3 is 11.9 Å². The first kappa shape index (κ1) is 18.7. The Hall–Kier alpha value is -1.62. The minimum Gasteiger partial charge on any atom is -0.302 e. The van der Waals surface area contributed by atoms with Crippen molar-refractivity contribution in [1.82, 2.24) is 13.9 Å². The molecule has 1 N–H and O–H groups in total. The van der Waals surface area contributed by atoms with E-state index in [1.807, 2.05) is 0 Å². The molecule has 0 atom stereocenters. The fourth-order valence-corrected chi connectivity index (χ4v) is 4.25. The SMILES string of the molecule is Cn1cc(S(=O)(=O)NC2CCC(C(F)(F)F)CC2)c(=O)n(C)c1=O. The molecule has 1 saturated carbocycles. The molecule has 1 heterocycles. The highest BCUT2D eigenvalue weighted by molar-refractivity contribution is 7.89. The maximum Gasteiger partial charge on any atom is 0.391 e. The third-order valence-electron chi connectivity index (χ3n) is 4.22. The number of hydrogen-bond acceptors (Lipinski definition) is 4. The molecule has 0 aliphatic heterocycles. The van der Waals surface area contributed by atoms with E-state index in [1.165, 1.54) is 7.05 Å². The third-order valence-corrected chi connectivity index (χ3v) is 5.72.